The molecule has 0 amide bonds. The van der Waals surface area contributed by atoms with Crippen LogP contribution in [-0.4, -0.2) is 56.8 Å². The third kappa shape index (κ3) is 4.32. The van der Waals surface area contributed by atoms with Gasteiger partial charge in [0.05, 0.1) is 43.9 Å². The summed E-state index contributed by atoms with van der Waals surface area (Å²) in [7, 11) is -2.15. The van der Waals surface area contributed by atoms with Gasteiger partial charge in [-0.25, -0.2) is 8.42 Å². The van der Waals surface area contributed by atoms with Gasteiger partial charge in [0.25, 0.3) is 0 Å². The summed E-state index contributed by atoms with van der Waals surface area (Å²) in [5, 5.41) is 9.77. The van der Waals surface area contributed by atoms with E-state index in [1.165, 1.54) is 4.31 Å². The number of benzene rings is 2. The lowest BCUT2D eigenvalue weighted by atomic mass is 10.0. The molecule has 6 nitrogen and oxygen atoms in total. The monoisotopic (exact) mass is 391 g/mol. The molecule has 0 aromatic heterocycles. The van der Waals surface area contributed by atoms with Crippen molar-refractivity contribution in [3.8, 4) is 5.75 Å². The van der Waals surface area contributed by atoms with E-state index in [9.17, 15) is 13.5 Å². The van der Waals surface area contributed by atoms with Gasteiger partial charge in [0.1, 0.15) is 5.75 Å². The second kappa shape index (κ2) is 8.39. The van der Waals surface area contributed by atoms with Crippen molar-refractivity contribution in [3.63, 3.8) is 0 Å². The molecule has 3 rings (SSSR count). The summed E-state index contributed by atoms with van der Waals surface area (Å²) in [6, 6.07) is 13.3. The SMILES string of the molecule is COc1ccc(C[C@H]2COC[C@@H](CO)N2S(=O)(=O)c2ccc(C)cc2)cc1. The number of aryl methyl sites for hydroxylation is 1. The first-order valence-electron chi connectivity index (χ1n) is 8.87. The average molecular weight is 391 g/mol. The van der Waals surface area contributed by atoms with Crippen molar-refractivity contribution in [2.45, 2.75) is 30.3 Å². The largest absolute Gasteiger partial charge is 0.497 e. The maximum absolute atomic E-state index is 13.3. The lowest BCUT2D eigenvalue weighted by Crippen LogP contribution is -2.56. The first kappa shape index (κ1) is 19.8. The first-order valence-corrected chi connectivity index (χ1v) is 10.3. The molecule has 0 spiro atoms. The molecule has 0 saturated carbocycles. The average Bonchev–Trinajstić information content (AvgIpc) is 2.68. The van der Waals surface area contributed by atoms with Crippen LogP contribution in [0.4, 0.5) is 0 Å². The van der Waals surface area contributed by atoms with Gasteiger partial charge in [-0.05, 0) is 43.2 Å². The van der Waals surface area contributed by atoms with E-state index in [2.05, 4.69) is 0 Å². The highest BCUT2D eigenvalue weighted by Gasteiger charge is 2.40. The number of sulfonamides is 1. The van der Waals surface area contributed by atoms with E-state index in [-0.39, 0.29) is 24.7 Å². The van der Waals surface area contributed by atoms with Crippen molar-refractivity contribution in [2.24, 2.45) is 0 Å². The van der Waals surface area contributed by atoms with E-state index in [0.717, 1.165) is 16.9 Å². The number of rotatable bonds is 6. The summed E-state index contributed by atoms with van der Waals surface area (Å²) < 4.78 is 38.8. The first-order chi connectivity index (χ1) is 13.0. The minimum absolute atomic E-state index is 0.181. The topological polar surface area (TPSA) is 76.1 Å². The highest BCUT2D eigenvalue weighted by Crippen LogP contribution is 2.27. The number of hydrogen-bond donors (Lipinski definition) is 1. The Morgan fingerprint density at radius 1 is 1.07 bits per heavy atom. The minimum atomic E-state index is -3.75. The Morgan fingerprint density at radius 3 is 2.30 bits per heavy atom. The third-order valence-electron chi connectivity index (χ3n) is 4.78. The molecule has 0 bridgehead atoms. The van der Waals surface area contributed by atoms with Crippen molar-refractivity contribution in [1.29, 1.82) is 0 Å². The van der Waals surface area contributed by atoms with Gasteiger partial charge in [0.2, 0.25) is 10.0 Å². The van der Waals surface area contributed by atoms with Crippen LogP contribution in [0.25, 0.3) is 0 Å². The molecule has 1 saturated heterocycles. The van der Waals surface area contributed by atoms with Gasteiger partial charge in [0, 0.05) is 0 Å². The van der Waals surface area contributed by atoms with E-state index < -0.39 is 22.1 Å². The molecule has 1 aliphatic heterocycles. The highest BCUT2D eigenvalue weighted by molar-refractivity contribution is 7.89. The van der Waals surface area contributed by atoms with E-state index in [1.54, 1.807) is 31.4 Å². The van der Waals surface area contributed by atoms with Crippen LogP contribution in [0.2, 0.25) is 0 Å². The van der Waals surface area contributed by atoms with Crippen LogP contribution >= 0.6 is 0 Å². The number of aliphatic hydroxyl groups excluding tert-OH is 1. The van der Waals surface area contributed by atoms with Crippen molar-refractivity contribution >= 4 is 10.0 Å². The lowest BCUT2D eigenvalue weighted by molar-refractivity contribution is -0.0235. The van der Waals surface area contributed by atoms with Crippen molar-refractivity contribution in [2.75, 3.05) is 26.9 Å². The molecule has 1 aliphatic rings. The Kier molecular flexibility index (Phi) is 6.16. The molecule has 0 aliphatic carbocycles. The normalized spacial score (nSPS) is 21.1. The predicted molar refractivity (Wildman–Crippen MR) is 102 cm³/mol. The zero-order chi connectivity index (χ0) is 19.4. The summed E-state index contributed by atoms with van der Waals surface area (Å²) in [6.45, 7) is 2.09. The van der Waals surface area contributed by atoms with Gasteiger partial charge < -0.3 is 14.6 Å². The maximum atomic E-state index is 13.3. The van der Waals surface area contributed by atoms with E-state index >= 15 is 0 Å². The van der Waals surface area contributed by atoms with Crippen LogP contribution in [-0.2, 0) is 21.2 Å². The van der Waals surface area contributed by atoms with Gasteiger partial charge in [-0.1, -0.05) is 29.8 Å². The van der Waals surface area contributed by atoms with E-state index in [1.807, 2.05) is 31.2 Å². The van der Waals surface area contributed by atoms with Crippen LogP contribution in [0, 0.1) is 6.92 Å². The number of aliphatic hydroxyl groups is 1. The van der Waals surface area contributed by atoms with Gasteiger partial charge in [-0.3, -0.25) is 0 Å². The van der Waals surface area contributed by atoms with Crippen LogP contribution in [0.1, 0.15) is 11.1 Å². The Morgan fingerprint density at radius 2 is 1.70 bits per heavy atom. The van der Waals surface area contributed by atoms with Crippen LogP contribution in [0.5, 0.6) is 5.75 Å². The summed E-state index contributed by atoms with van der Waals surface area (Å²) in [5.74, 6) is 0.746. The summed E-state index contributed by atoms with van der Waals surface area (Å²) in [4.78, 5) is 0.230. The molecule has 0 unspecified atom stereocenters. The predicted octanol–water partition coefficient (Wildman–Crippen LogP) is 2.00. The Balaban J connectivity index is 1.92. The van der Waals surface area contributed by atoms with Gasteiger partial charge >= 0.3 is 0 Å². The van der Waals surface area contributed by atoms with Gasteiger partial charge in [-0.15, -0.1) is 0 Å². The zero-order valence-corrected chi connectivity index (χ0v) is 16.4. The Bertz CT molecular complexity index is 849. The third-order valence-corrected chi connectivity index (χ3v) is 6.80. The quantitative estimate of drug-likeness (QED) is 0.815. The fourth-order valence-electron chi connectivity index (χ4n) is 3.33. The molecule has 7 heteroatoms. The van der Waals surface area contributed by atoms with E-state index in [4.69, 9.17) is 9.47 Å². The molecule has 1 fully saturated rings. The van der Waals surface area contributed by atoms with E-state index in [0.29, 0.717) is 6.42 Å². The smallest absolute Gasteiger partial charge is 0.243 e. The number of morpholine rings is 1. The molecule has 2 aromatic carbocycles. The van der Waals surface area contributed by atoms with Crippen molar-refractivity contribution < 1.29 is 23.0 Å². The number of methoxy groups -OCH3 is 1. The molecule has 0 radical (unpaired) electrons. The molecule has 1 N–H and O–H groups in total. The standard InChI is InChI=1S/C20H25NO5S/c1-15-3-9-20(10-4-15)27(23,24)21-17(13-26-14-18(21)12-22)11-16-5-7-19(25-2)8-6-16/h3-10,17-18,22H,11-14H2,1-2H3/t17-,18+/m0/s1. The second-order valence-electron chi connectivity index (χ2n) is 6.73. The summed E-state index contributed by atoms with van der Waals surface area (Å²) in [5.41, 5.74) is 1.97. The molecule has 2 aromatic rings. The molecule has 27 heavy (non-hydrogen) atoms. The van der Waals surface area contributed by atoms with Crippen molar-refractivity contribution in [3.05, 3.63) is 59.7 Å². The number of ether oxygens (including phenoxy) is 2. The summed E-state index contributed by atoms with van der Waals surface area (Å²) in [6.07, 6.45) is 0.492. The second-order valence-corrected chi connectivity index (χ2v) is 8.57. The minimum Gasteiger partial charge on any atom is -0.497 e. The number of nitrogens with zero attached hydrogens (tertiary/aromatic N) is 1. The Labute approximate surface area is 160 Å². The van der Waals surface area contributed by atoms with Crippen molar-refractivity contribution in [1.82, 2.24) is 4.31 Å². The summed E-state index contributed by atoms with van der Waals surface area (Å²) >= 11 is 0. The van der Waals surface area contributed by atoms with Crippen LogP contribution in [0.15, 0.2) is 53.4 Å². The zero-order valence-electron chi connectivity index (χ0n) is 15.5. The Hall–Kier alpha value is -1.93. The molecular weight excluding hydrogens is 366 g/mol. The van der Waals surface area contributed by atoms with Gasteiger partial charge in [-0.2, -0.15) is 4.31 Å². The fraction of sp³-hybridized carbons (Fsp3) is 0.400. The molecule has 146 valence electrons. The lowest BCUT2D eigenvalue weighted by Gasteiger charge is -2.40. The van der Waals surface area contributed by atoms with Crippen LogP contribution in [0.3, 0.4) is 0 Å². The molecule has 1 heterocycles. The molecule has 2 atom stereocenters. The fourth-order valence-corrected chi connectivity index (χ4v) is 5.10. The van der Waals surface area contributed by atoms with Crippen LogP contribution < -0.4 is 4.74 Å². The van der Waals surface area contributed by atoms with Gasteiger partial charge in [0.15, 0.2) is 0 Å². The molecular formula is C20H25NO5S. The highest BCUT2D eigenvalue weighted by atomic mass is 32.2. The maximum Gasteiger partial charge on any atom is 0.243 e. The number of hydrogen-bond acceptors (Lipinski definition) is 5.